The fourth-order valence-electron chi connectivity index (χ4n) is 2.20. The van der Waals surface area contributed by atoms with Crippen LogP contribution in [0.15, 0.2) is 54.6 Å². The first-order valence-electron chi connectivity index (χ1n) is 7.20. The molecule has 0 aliphatic carbocycles. The van der Waals surface area contributed by atoms with Gasteiger partial charge < -0.3 is 10.2 Å². The highest BCUT2D eigenvalue weighted by atomic mass is 16.2. The third-order valence-electron chi connectivity index (χ3n) is 3.29. The summed E-state index contributed by atoms with van der Waals surface area (Å²) in [4.78, 5) is 25.4. The summed E-state index contributed by atoms with van der Waals surface area (Å²) < 4.78 is 0. The van der Waals surface area contributed by atoms with Gasteiger partial charge >= 0.3 is 0 Å². The quantitative estimate of drug-likeness (QED) is 0.922. The Hall–Kier alpha value is -2.62. The maximum absolute atomic E-state index is 12.1. The van der Waals surface area contributed by atoms with E-state index in [1.165, 1.54) is 11.8 Å². The van der Waals surface area contributed by atoms with Gasteiger partial charge in [-0.15, -0.1) is 0 Å². The third-order valence-corrected chi connectivity index (χ3v) is 3.29. The van der Waals surface area contributed by atoms with Crippen LogP contribution in [-0.4, -0.2) is 23.3 Å². The van der Waals surface area contributed by atoms with Gasteiger partial charge in [0.2, 0.25) is 11.8 Å². The van der Waals surface area contributed by atoms with E-state index in [2.05, 4.69) is 5.32 Å². The number of aryl methyl sites for hydroxylation is 1. The molecule has 0 atom stereocenters. The molecule has 2 aromatic carbocycles. The highest BCUT2D eigenvalue weighted by Gasteiger charge is 2.14. The predicted octanol–water partition coefficient (Wildman–Crippen LogP) is 2.98. The lowest BCUT2D eigenvalue weighted by atomic mass is 10.1. The first-order chi connectivity index (χ1) is 10.5. The molecular formula is C18H20N2O2. The molecule has 22 heavy (non-hydrogen) atoms. The van der Waals surface area contributed by atoms with Crippen LogP contribution in [0, 0.1) is 6.92 Å². The number of nitrogens with one attached hydrogen (secondary N) is 1. The molecule has 4 nitrogen and oxygen atoms in total. The molecule has 0 saturated carbocycles. The Morgan fingerprint density at radius 2 is 1.77 bits per heavy atom. The maximum atomic E-state index is 12.1. The number of hydrogen-bond donors (Lipinski definition) is 1. The maximum Gasteiger partial charge on any atom is 0.244 e. The van der Waals surface area contributed by atoms with E-state index < -0.39 is 0 Å². The van der Waals surface area contributed by atoms with Gasteiger partial charge in [-0.05, 0) is 24.6 Å². The average Bonchev–Trinajstić information content (AvgIpc) is 2.47. The van der Waals surface area contributed by atoms with Crippen LogP contribution in [0.3, 0.4) is 0 Å². The summed E-state index contributed by atoms with van der Waals surface area (Å²) in [5, 5.41) is 2.79. The van der Waals surface area contributed by atoms with Crippen LogP contribution in [0.25, 0.3) is 0 Å². The fraction of sp³-hybridized carbons (Fsp3) is 0.222. The molecule has 0 bridgehead atoms. The number of hydrogen-bond acceptors (Lipinski definition) is 2. The van der Waals surface area contributed by atoms with Crippen molar-refractivity contribution in [1.29, 1.82) is 0 Å². The van der Waals surface area contributed by atoms with E-state index in [0.717, 1.165) is 16.8 Å². The standard InChI is InChI=1S/C18H20N2O2/c1-14-7-6-8-16(11-14)12-20(15(2)21)13-18(22)19-17-9-4-3-5-10-17/h3-11H,12-13H2,1-2H3,(H,19,22). The molecule has 0 aliphatic heterocycles. The monoisotopic (exact) mass is 296 g/mol. The molecule has 0 radical (unpaired) electrons. The molecule has 4 heteroatoms. The smallest absolute Gasteiger partial charge is 0.244 e. The van der Waals surface area contributed by atoms with Crippen molar-refractivity contribution in [2.45, 2.75) is 20.4 Å². The van der Waals surface area contributed by atoms with E-state index in [1.54, 1.807) is 0 Å². The first-order valence-corrected chi connectivity index (χ1v) is 7.20. The average molecular weight is 296 g/mol. The van der Waals surface area contributed by atoms with Crippen LogP contribution < -0.4 is 5.32 Å². The van der Waals surface area contributed by atoms with Gasteiger partial charge in [-0.2, -0.15) is 0 Å². The summed E-state index contributed by atoms with van der Waals surface area (Å²) in [6.07, 6.45) is 0. The number of amides is 2. The van der Waals surface area contributed by atoms with Gasteiger partial charge in [0.1, 0.15) is 6.54 Å². The van der Waals surface area contributed by atoms with Crippen molar-refractivity contribution in [3.8, 4) is 0 Å². The molecule has 0 aromatic heterocycles. The van der Waals surface area contributed by atoms with Crippen molar-refractivity contribution in [1.82, 2.24) is 4.90 Å². The zero-order chi connectivity index (χ0) is 15.9. The van der Waals surface area contributed by atoms with E-state index in [0.29, 0.717) is 6.54 Å². The van der Waals surface area contributed by atoms with Crippen molar-refractivity contribution < 1.29 is 9.59 Å². The van der Waals surface area contributed by atoms with Crippen LogP contribution >= 0.6 is 0 Å². The minimum atomic E-state index is -0.200. The summed E-state index contributed by atoms with van der Waals surface area (Å²) in [5.41, 5.74) is 2.88. The van der Waals surface area contributed by atoms with Gasteiger partial charge in [0.15, 0.2) is 0 Å². The molecule has 0 spiro atoms. The number of benzene rings is 2. The molecule has 0 aliphatic rings. The summed E-state index contributed by atoms with van der Waals surface area (Å²) in [6.45, 7) is 3.95. The number of carbonyl (C=O) groups excluding carboxylic acids is 2. The lowest BCUT2D eigenvalue weighted by molar-refractivity contribution is -0.133. The van der Waals surface area contributed by atoms with Crippen molar-refractivity contribution in [2.24, 2.45) is 0 Å². The largest absolute Gasteiger partial charge is 0.329 e. The highest BCUT2D eigenvalue weighted by molar-refractivity contribution is 5.94. The third kappa shape index (κ3) is 4.74. The Morgan fingerprint density at radius 1 is 1.05 bits per heavy atom. The molecule has 0 unspecified atom stereocenters. The van der Waals surface area contributed by atoms with Gasteiger partial charge in [0, 0.05) is 19.2 Å². The van der Waals surface area contributed by atoms with Crippen LogP contribution in [0.2, 0.25) is 0 Å². The molecule has 0 saturated heterocycles. The fourth-order valence-corrected chi connectivity index (χ4v) is 2.20. The van der Waals surface area contributed by atoms with Crippen LogP contribution in [-0.2, 0) is 16.1 Å². The Labute approximate surface area is 130 Å². The lowest BCUT2D eigenvalue weighted by Gasteiger charge is -2.21. The Kier molecular flexibility index (Phi) is 5.31. The van der Waals surface area contributed by atoms with E-state index >= 15 is 0 Å². The summed E-state index contributed by atoms with van der Waals surface area (Å²) in [6, 6.07) is 17.2. The number of carbonyl (C=O) groups is 2. The molecule has 0 heterocycles. The van der Waals surface area contributed by atoms with Gasteiger partial charge in [-0.3, -0.25) is 9.59 Å². The number of para-hydroxylation sites is 1. The van der Waals surface area contributed by atoms with E-state index in [4.69, 9.17) is 0 Å². The molecular weight excluding hydrogens is 276 g/mol. The minimum absolute atomic E-state index is 0.0399. The second-order valence-electron chi connectivity index (χ2n) is 5.28. The lowest BCUT2D eigenvalue weighted by Crippen LogP contribution is -2.36. The predicted molar refractivity (Wildman–Crippen MR) is 87.3 cm³/mol. The van der Waals surface area contributed by atoms with Gasteiger partial charge in [-0.25, -0.2) is 0 Å². The highest BCUT2D eigenvalue weighted by Crippen LogP contribution is 2.09. The van der Waals surface area contributed by atoms with Crippen LogP contribution in [0.1, 0.15) is 18.1 Å². The normalized spacial score (nSPS) is 10.1. The zero-order valence-corrected chi connectivity index (χ0v) is 12.9. The molecule has 114 valence electrons. The van der Waals surface area contributed by atoms with Gasteiger partial charge in [0.25, 0.3) is 0 Å². The molecule has 2 aromatic rings. The van der Waals surface area contributed by atoms with Crippen molar-refractivity contribution >= 4 is 17.5 Å². The second-order valence-corrected chi connectivity index (χ2v) is 5.28. The van der Waals surface area contributed by atoms with E-state index in [1.807, 2.05) is 61.5 Å². The van der Waals surface area contributed by atoms with Crippen LogP contribution in [0.5, 0.6) is 0 Å². The number of anilines is 1. The van der Waals surface area contributed by atoms with Crippen molar-refractivity contribution in [3.63, 3.8) is 0 Å². The zero-order valence-electron chi connectivity index (χ0n) is 12.9. The van der Waals surface area contributed by atoms with Crippen molar-refractivity contribution in [3.05, 3.63) is 65.7 Å². The van der Waals surface area contributed by atoms with Crippen molar-refractivity contribution in [2.75, 3.05) is 11.9 Å². The SMILES string of the molecule is CC(=O)N(CC(=O)Nc1ccccc1)Cc1cccc(C)c1. The number of rotatable bonds is 5. The summed E-state index contributed by atoms with van der Waals surface area (Å²) in [7, 11) is 0. The van der Waals surface area contributed by atoms with E-state index in [-0.39, 0.29) is 18.4 Å². The van der Waals surface area contributed by atoms with Gasteiger partial charge in [0.05, 0.1) is 0 Å². The second kappa shape index (κ2) is 7.41. The summed E-state index contributed by atoms with van der Waals surface area (Å²) in [5.74, 6) is -0.321. The molecule has 1 N–H and O–H groups in total. The summed E-state index contributed by atoms with van der Waals surface area (Å²) >= 11 is 0. The molecule has 2 amide bonds. The minimum Gasteiger partial charge on any atom is -0.329 e. The first kappa shape index (κ1) is 15.8. The van der Waals surface area contributed by atoms with E-state index in [9.17, 15) is 9.59 Å². The Balaban J connectivity index is 1.99. The Morgan fingerprint density at radius 3 is 2.41 bits per heavy atom. The topological polar surface area (TPSA) is 49.4 Å². The number of nitrogens with zero attached hydrogens (tertiary/aromatic N) is 1. The van der Waals surface area contributed by atoms with Crippen LogP contribution in [0.4, 0.5) is 5.69 Å². The van der Waals surface area contributed by atoms with Gasteiger partial charge in [-0.1, -0.05) is 48.0 Å². The molecule has 2 rings (SSSR count). The Bertz CT molecular complexity index is 653. The molecule has 0 fully saturated rings.